The van der Waals surface area contributed by atoms with Gasteiger partial charge >= 0.3 is 0 Å². The second-order valence-corrected chi connectivity index (χ2v) is 5.96. The molecule has 0 bridgehead atoms. The van der Waals surface area contributed by atoms with Crippen molar-refractivity contribution in [1.29, 1.82) is 0 Å². The fourth-order valence-corrected chi connectivity index (χ4v) is 3.18. The fourth-order valence-electron chi connectivity index (χ4n) is 3.18. The van der Waals surface area contributed by atoms with E-state index in [1.807, 2.05) is 42.5 Å². The third-order valence-electron chi connectivity index (χ3n) is 4.52. The Morgan fingerprint density at radius 1 is 0.917 bits per heavy atom. The number of rotatable bonds is 6. The summed E-state index contributed by atoms with van der Waals surface area (Å²) in [6.07, 6.45) is 1.41. The molecule has 1 aliphatic heterocycles. The molecule has 1 aliphatic rings. The Kier molecular flexibility index (Phi) is 4.94. The summed E-state index contributed by atoms with van der Waals surface area (Å²) in [6, 6.07) is 18.2. The van der Waals surface area contributed by atoms with Gasteiger partial charge in [0.15, 0.2) is 0 Å². The van der Waals surface area contributed by atoms with Crippen molar-refractivity contribution in [3.05, 3.63) is 65.7 Å². The molecule has 0 unspecified atom stereocenters. The highest BCUT2D eigenvalue weighted by Crippen LogP contribution is 2.30. The zero-order valence-corrected chi connectivity index (χ0v) is 13.8. The van der Waals surface area contributed by atoms with E-state index in [1.54, 1.807) is 7.11 Å². The van der Waals surface area contributed by atoms with Crippen molar-refractivity contribution in [3.63, 3.8) is 0 Å². The number of methoxy groups -OCH3 is 1. The minimum atomic E-state index is -0.0541. The molecule has 4 heteroatoms. The molecule has 2 amide bonds. The zero-order chi connectivity index (χ0) is 16.9. The van der Waals surface area contributed by atoms with Gasteiger partial charge in [-0.15, -0.1) is 0 Å². The van der Waals surface area contributed by atoms with Gasteiger partial charge in [-0.3, -0.25) is 14.5 Å². The van der Waals surface area contributed by atoms with Gasteiger partial charge in [0.05, 0.1) is 7.11 Å². The number of carbonyl (C=O) groups is 2. The maximum atomic E-state index is 11.8. The third kappa shape index (κ3) is 3.48. The van der Waals surface area contributed by atoms with Crippen LogP contribution in [0.2, 0.25) is 0 Å². The number of amides is 2. The van der Waals surface area contributed by atoms with Crippen molar-refractivity contribution in [2.24, 2.45) is 0 Å². The molecule has 2 aromatic rings. The van der Waals surface area contributed by atoms with E-state index in [0.29, 0.717) is 25.8 Å². The van der Waals surface area contributed by atoms with Gasteiger partial charge in [0.1, 0.15) is 5.75 Å². The smallest absolute Gasteiger partial charge is 0.229 e. The molecule has 124 valence electrons. The number of nitrogens with zero attached hydrogens (tertiary/aromatic N) is 1. The number of carbonyl (C=O) groups excluding carboxylic acids is 2. The average molecular weight is 323 g/mol. The highest BCUT2D eigenvalue weighted by Gasteiger charge is 2.29. The molecule has 0 radical (unpaired) electrons. The summed E-state index contributed by atoms with van der Waals surface area (Å²) in [6.45, 7) is 0.462. The summed E-state index contributed by atoms with van der Waals surface area (Å²) in [5, 5.41) is 0. The number of likely N-dealkylation sites (tertiary alicyclic amines) is 1. The maximum absolute atomic E-state index is 11.8. The van der Waals surface area contributed by atoms with E-state index in [0.717, 1.165) is 11.3 Å². The lowest BCUT2D eigenvalue weighted by molar-refractivity contribution is -0.138. The summed E-state index contributed by atoms with van der Waals surface area (Å²) in [4.78, 5) is 25.1. The Labute approximate surface area is 142 Å². The molecule has 0 aromatic heterocycles. The molecule has 0 N–H and O–H groups in total. The van der Waals surface area contributed by atoms with Gasteiger partial charge in [0, 0.05) is 25.3 Å². The summed E-state index contributed by atoms with van der Waals surface area (Å²) in [5.74, 6) is 0.844. The molecule has 1 saturated heterocycles. The van der Waals surface area contributed by atoms with Crippen LogP contribution < -0.4 is 4.74 Å². The largest absolute Gasteiger partial charge is 0.497 e. The normalized spacial score (nSPS) is 15.6. The van der Waals surface area contributed by atoms with E-state index in [1.165, 1.54) is 10.5 Å². The molecule has 24 heavy (non-hydrogen) atoms. The maximum Gasteiger partial charge on any atom is 0.229 e. The number of imide groups is 1. The van der Waals surface area contributed by atoms with Crippen LogP contribution >= 0.6 is 0 Å². The van der Waals surface area contributed by atoms with Crippen molar-refractivity contribution in [1.82, 2.24) is 4.90 Å². The lowest BCUT2D eigenvalue weighted by Crippen LogP contribution is -2.31. The fraction of sp³-hybridized carbons (Fsp3) is 0.300. The predicted octanol–water partition coefficient (Wildman–Crippen LogP) is 3.37. The van der Waals surface area contributed by atoms with Crippen molar-refractivity contribution >= 4 is 11.8 Å². The second-order valence-electron chi connectivity index (χ2n) is 5.96. The number of benzene rings is 2. The van der Waals surface area contributed by atoms with Crippen molar-refractivity contribution in [3.8, 4) is 5.75 Å². The van der Waals surface area contributed by atoms with Crippen LogP contribution in [0, 0.1) is 0 Å². The lowest BCUT2D eigenvalue weighted by atomic mass is 9.88. The van der Waals surface area contributed by atoms with E-state index in [-0.39, 0.29) is 17.7 Å². The van der Waals surface area contributed by atoms with Gasteiger partial charge in [-0.05, 0) is 29.7 Å². The first-order chi connectivity index (χ1) is 11.7. The average Bonchev–Trinajstić information content (AvgIpc) is 2.95. The van der Waals surface area contributed by atoms with Crippen LogP contribution in [0.4, 0.5) is 0 Å². The first-order valence-electron chi connectivity index (χ1n) is 8.21. The van der Waals surface area contributed by atoms with Gasteiger partial charge in [-0.25, -0.2) is 0 Å². The highest BCUT2D eigenvalue weighted by atomic mass is 16.5. The Morgan fingerprint density at radius 3 is 2.08 bits per heavy atom. The van der Waals surface area contributed by atoms with Crippen LogP contribution in [0.3, 0.4) is 0 Å². The monoisotopic (exact) mass is 323 g/mol. The van der Waals surface area contributed by atoms with Gasteiger partial charge in [-0.2, -0.15) is 0 Å². The molecule has 0 saturated carbocycles. The van der Waals surface area contributed by atoms with E-state index < -0.39 is 0 Å². The lowest BCUT2D eigenvalue weighted by Gasteiger charge is -2.21. The Morgan fingerprint density at radius 2 is 1.50 bits per heavy atom. The van der Waals surface area contributed by atoms with E-state index in [2.05, 4.69) is 12.1 Å². The van der Waals surface area contributed by atoms with Crippen LogP contribution in [0.5, 0.6) is 5.75 Å². The molecule has 4 nitrogen and oxygen atoms in total. The van der Waals surface area contributed by atoms with Crippen LogP contribution in [-0.4, -0.2) is 30.4 Å². The molecule has 1 heterocycles. The van der Waals surface area contributed by atoms with Crippen LogP contribution in [0.1, 0.15) is 36.3 Å². The van der Waals surface area contributed by atoms with Gasteiger partial charge < -0.3 is 4.74 Å². The topological polar surface area (TPSA) is 46.6 Å². The first kappa shape index (κ1) is 16.2. The standard InChI is InChI=1S/C20H21NO3/c1-24-17-9-7-16(8-10-17)18(15-5-3-2-4-6-15)13-14-21-19(22)11-12-20(21)23/h2-10,18H,11-14H2,1H3/t18-/m1/s1. The second kappa shape index (κ2) is 7.30. The molecular weight excluding hydrogens is 302 g/mol. The highest BCUT2D eigenvalue weighted by molar-refractivity contribution is 6.01. The number of hydrogen-bond donors (Lipinski definition) is 0. The Bertz CT molecular complexity index is 693. The summed E-state index contributed by atoms with van der Waals surface area (Å²) < 4.78 is 5.23. The first-order valence-corrected chi connectivity index (χ1v) is 8.21. The van der Waals surface area contributed by atoms with Gasteiger partial charge in [0.2, 0.25) is 11.8 Å². The predicted molar refractivity (Wildman–Crippen MR) is 91.9 cm³/mol. The van der Waals surface area contributed by atoms with E-state index >= 15 is 0 Å². The summed E-state index contributed by atoms with van der Waals surface area (Å²) >= 11 is 0. The molecule has 2 aromatic carbocycles. The number of hydrogen-bond acceptors (Lipinski definition) is 3. The van der Waals surface area contributed by atoms with Gasteiger partial charge in [-0.1, -0.05) is 42.5 Å². The van der Waals surface area contributed by atoms with Crippen LogP contribution in [0.15, 0.2) is 54.6 Å². The molecule has 3 rings (SSSR count). The Hall–Kier alpha value is -2.62. The van der Waals surface area contributed by atoms with Gasteiger partial charge in [0.25, 0.3) is 0 Å². The summed E-state index contributed by atoms with van der Waals surface area (Å²) in [7, 11) is 1.65. The van der Waals surface area contributed by atoms with Crippen LogP contribution in [-0.2, 0) is 9.59 Å². The minimum absolute atomic E-state index is 0.0541. The summed E-state index contributed by atoms with van der Waals surface area (Å²) in [5.41, 5.74) is 2.34. The SMILES string of the molecule is COc1ccc([C@H](CCN2C(=O)CCC2=O)c2ccccc2)cc1. The zero-order valence-electron chi connectivity index (χ0n) is 13.8. The quantitative estimate of drug-likeness (QED) is 0.766. The molecule has 0 spiro atoms. The third-order valence-corrected chi connectivity index (χ3v) is 4.52. The molecule has 0 aliphatic carbocycles. The van der Waals surface area contributed by atoms with E-state index in [4.69, 9.17) is 4.74 Å². The molecular formula is C20H21NO3. The van der Waals surface area contributed by atoms with Crippen molar-refractivity contribution in [2.45, 2.75) is 25.2 Å². The molecule has 1 atom stereocenters. The Balaban J connectivity index is 1.82. The van der Waals surface area contributed by atoms with Crippen LogP contribution in [0.25, 0.3) is 0 Å². The van der Waals surface area contributed by atoms with Crippen molar-refractivity contribution < 1.29 is 14.3 Å². The number of ether oxygens (including phenoxy) is 1. The van der Waals surface area contributed by atoms with E-state index in [9.17, 15) is 9.59 Å². The minimum Gasteiger partial charge on any atom is -0.497 e. The van der Waals surface area contributed by atoms with Crippen molar-refractivity contribution in [2.75, 3.05) is 13.7 Å². The molecule has 1 fully saturated rings.